The molecular formula is C18H21N5O2S2. The number of benzene rings is 1. The van der Waals surface area contributed by atoms with Gasteiger partial charge in [0.05, 0.1) is 22.5 Å². The zero-order valence-corrected chi connectivity index (χ0v) is 16.8. The van der Waals surface area contributed by atoms with E-state index in [1.165, 1.54) is 29.5 Å². The summed E-state index contributed by atoms with van der Waals surface area (Å²) in [6, 6.07) is 7.74. The number of hydrogen-bond acceptors (Lipinski definition) is 6. The van der Waals surface area contributed by atoms with Gasteiger partial charge in [0.15, 0.2) is 11.0 Å². The average Bonchev–Trinajstić information content (AvgIpc) is 3.20. The lowest BCUT2D eigenvalue weighted by molar-refractivity contribution is -0.129. The molecule has 1 aliphatic rings. The molecular weight excluding hydrogens is 382 g/mol. The summed E-state index contributed by atoms with van der Waals surface area (Å²) in [6.45, 7) is 2.09. The highest BCUT2D eigenvalue weighted by Gasteiger charge is 2.19. The summed E-state index contributed by atoms with van der Waals surface area (Å²) in [5.41, 5.74) is 0.907. The van der Waals surface area contributed by atoms with Crippen molar-refractivity contribution in [3.05, 3.63) is 39.8 Å². The van der Waals surface area contributed by atoms with Crippen molar-refractivity contribution in [3.8, 4) is 0 Å². The van der Waals surface area contributed by atoms with Crippen LogP contribution >= 0.6 is 23.1 Å². The van der Waals surface area contributed by atoms with Crippen LogP contribution in [0.2, 0.25) is 0 Å². The number of carbonyl (C=O) groups is 1. The summed E-state index contributed by atoms with van der Waals surface area (Å²) >= 11 is 2.64. The SMILES string of the molecule is Cn1c(Cn2c(=O)sc3ccccc32)nnc1SCC(=O)N1CCCCC1. The molecule has 4 rings (SSSR count). The van der Waals surface area contributed by atoms with Gasteiger partial charge in [-0.05, 0) is 31.4 Å². The first-order valence-corrected chi connectivity index (χ1v) is 10.8. The van der Waals surface area contributed by atoms with Gasteiger partial charge in [-0.3, -0.25) is 14.2 Å². The molecule has 2 aromatic heterocycles. The quantitative estimate of drug-likeness (QED) is 0.612. The summed E-state index contributed by atoms with van der Waals surface area (Å²) in [5, 5.41) is 9.15. The lowest BCUT2D eigenvalue weighted by Crippen LogP contribution is -2.36. The van der Waals surface area contributed by atoms with E-state index < -0.39 is 0 Å². The Morgan fingerprint density at radius 2 is 1.96 bits per heavy atom. The summed E-state index contributed by atoms with van der Waals surface area (Å²) in [6.07, 6.45) is 3.39. The third kappa shape index (κ3) is 3.79. The molecule has 1 fully saturated rings. The van der Waals surface area contributed by atoms with Gasteiger partial charge in [0.25, 0.3) is 0 Å². The van der Waals surface area contributed by atoms with E-state index >= 15 is 0 Å². The number of piperidine rings is 1. The lowest BCUT2D eigenvalue weighted by Gasteiger charge is -2.26. The lowest BCUT2D eigenvalue weighted by atomic mass is 10.1. The van der Waals surface area contributed by atoms with Crippen LogP contribution in [-0.2, 0) is 18.4 Å². The fourth-order valence-corrected chi connectivity index (χ4v) is 5.00. The molecule has 0 bridgehead atoms. The van der Waals surface area contributed by atoms with Crippen molar-refractivity contribution in [1.82, 2.24) is 24.2 Å². The summed E-state index contributed by atoms with van der Waals surface area (Å²) < 4.78 is 4.55. The largest absolute Gasteiger partial charge is 0.342 e. The Hall–Kier alpha value is -2.13. The van der Waals surface area contributed by atoms with E-state index in [-0.39, 0.29) is 10.8 Å². The summed E-state index contributed by atoms with van der Waals surface area (Å²) in [5.74, 6) is 1.23. The first kappa shape index (κ1) is 18.2. The van der Waals surface area contributed by atoms with Gasteiger partial charge in [-0.2, -0.15) is 0 Å². The maximum atomic E-state index is 12.3. The third-order valence-corrected chi connectivity index (χ3v) is 6.80. The zero-order valence-electron chi connectivity index (χ0n) is 15.1. The van der Waals surface area contributed by atoms with Crippen LogP contribution < -0.4 is 4.87 Å². The van der Waals surface area contributed by atoms with Crippen LogP contribution in [-0.4, -0.2) is 49.0 Å². The smallest absolute Gasteiger partial charge is 0.308 e. The molecule has 0 aliphatic carbocycles. The van der Waals surface area contributed by atoms with Gasteiger partial charge in [-0.15, -0.1) is 10.2 Å². The van der Waals surface area contributed by atoms with Gasteiger partial charge in [-0.1, -0.05) is 35.2 Å². The van der Waals surface area contributed by atoms with E-state index in [0.717, 1.165) is 36.1 Å². The fourth-order valence-electron chi connectivity index (χ4n) is 3.27. The third-order valence-electron chi connectivity index (χ3n) is 4.83. The molecule has 1 amide bonds. The van der Waals surface area contributed by atoms with Gasteiger partial charge in [0, 0.05) is 20.1 Å². The van der Waals surface area contributed by atoms with Crippen LogP contribution in [0.15, 0.2) is 34.2 Å². The molecule has 0 atom stereocenters. The zero-order chi connectivity index (χ0) is 18.8. The second kappa shape index (κ2) is 7.85. The Balaban J connectivity index is 1.46. The molecule has 1 aliphatic heterocycles. The molecule has 3 heterocycles. The van der Waals surface area contributed by atoms with E-state index in [4.69, 9.17) is 0 Å². The number of carbonyl (C=O) groups excluding carboxylic acids is 1. The monoisotopic (exact) mass is 403 g/mol. The van der Waals surface area contributed by atoms with Gasteiger partial charge in [0.1, 0.15) is 0 Å². The van der Waals surface area contributed by atoms with Crippen molar-refractivity contribution in [2.75, 3.05) is 18.8 Å². The molecule has 1 aromatic carbocycles. The number of thioether (sulfide) groups is 1. The molecule has 7 nitrogen and oxygen atoms in total. The van der Waals surface area contributed by atoms with Crippen molar-refractivity contribution in [3.63, 3.8) is 0 Å². The molecule has 27 heavy (non-hydrogen) atoms. The van der Waals surface area contributed by atoms with E-state index in [0.29, 0.717) is 23.3 Å². The Morgan fingerprint density at radius 3 is 2.78 bits per heavy atom. The predicted octanol–water partition coefficient (Wildman–Crippen LogP) is 2.34. The number of hydrogen-bond donors (Lipinski definition) is 0. The van der Waals surface area contributed by atoms with Gasteiger partial charge in [0.2, 0.25) is 5.91 Å². The number of fused-ring (bicyclic) bond motifs is 1. The molecule has 1 saturated heterocycles. The molecule has 0 unspecified atom stereocenters. The topological polar surface area (TPSA) is 73.0 Å². The van der Waals surface area contributed by atoms with Crippen LogP contribution in [0, 0.1) is 0 Å². The summed E-state index contributed by atoms with van der Waals surface area (Å²) in [7, 11) is 1.88. The van der Waals surface area contributed by atoms with E-state index in [1.54, 1.807) is 4.57 Å². The van der Waals surface area contributed by atoms with Crippen LogP contribution in [0.4, 0.5) is 0 Å². The molecule has 0 radical (unpaired) electrons. The maximum absolute atomic E-state index is 12.3. The van der Waals surface area contributed by atoms with Crippen LogP contribution in [0.3, 0.4) is 0 Å². The normalized spacial score (nSPS) is 14.8. The van der Waals surface area contributed by atoms with E-state index in [1.807, 2.05) is 40.8 Å². The molecule has 3 aromatic rings. The standard InChI is InChI=1S/C18H21N5O2S2/c1-21-15(11-23-13-7-3-4-8-14(13)27-18(23)25)19-20-17(21)26-12-16(24)22-9-5-2-6-10-22/h3-4,7-8H,2,5-6,9-12H2,1H3. The molecule has 0 N–H and O–H groups in total. The fraction of sp³-hybridized carbons (Fsp3) is 0.444. The second-order valence-electron chi connectivity index (χ2n) is 6.61. The Labute approximate surface area is 165 Å². The predicted molar refractivity (Wildman–Crippen MR) is 107 cm³/mol. The molecule has 0 saturated carbocycles. The molecule has 0 spiro atoms. The molecule has 9 heteroatoms. The minimum absolute atomic E-state index is 0.00585. The van der Waals surface area contributed by atoms with Crippen molar-refractivity contribution < 1.29 is 4.79 Å². The number of likely N-dealkylation sites (tertiary alicyclic amines) is 1. The molecule has 142 valence electrons. The van der Waals surface area contributed by atoms with Crippen molar-refractivity contribution in [1.29, 1.82) is 0 Å². The first-order chi connectivity index (χ1) is 13.1. The highest BCUT2D eigenvalue weighted by molar-refractivity contribution is 7.99. The van der Waals surface area contributed by atoms with Gasteiger partial charge in [-0.25, -0.2) is 0 Å². The Bertz CT molecular complexity index is 1020. The maximum Gasteiger partial charge on any atom is 0.308 e. The van der Waals surface area contributed by atoms with Crippen molar-refractivity contribution in [2.24, 2.45) is 7.05 Å². The number of rotatable bonds is 5. The van der Waals surface area contributed by atoms with E-state index in [2.05, 4.69) is 10.2 Å². The van der Waals surface area contributed by atoms with Crippen LogP contribution in [0.5, 0.6) is 0 Å². The highest BCUT2D eigenvalue weighted by atomic mass is 32.2. The minimum atomic E-state index is -0.00585. The Morgan fingerprint density at radius 1 is 1.19 bits per heavy atom. The number of thiazole rings is 1. The Kier molecular flexibility index (Phi) is 5.31. The second-order valence-corrected chi connectivity index (χ2v) is 8.55. The highest BCUT2D eigenvalue weighted by Crippen LogP contribution is 2.20. The van der Waals surface area contributed by atoms with Crippen LogP contribution in [0.25, 0.3) is 10.2 Å². The van der Waals surface area contributed by atoms with Crippen LogP contribution in [0.1, 0.15) is 25.1 Å². The summed E-state index contributed by atoms with van der Waals surface area (Å²) in [4.78, 5) is 26.6. The number of nitrogens with zero attached hydrogens (tertiary/aromatic N) is 5. The van der Waals surface area contributed by atoms with E-state index in [9.17, 15) is 9.59 Å². The van der Waals surface area contributed by atoms with Crippen molar-refractivity contribution in [2.45, 2.75) is 31.0 Å². The number of aromatic nitrogens is 4. The van der Waals surface area contributed by atoms with Crippen molar-refractivity contribution >= 4 is 39.2 Å². The average molecular weight is 404 g/mol. The minimum Gasteiger partial charge on any atom is -0.342 e. The van der Waals surface area contributed by atoms with Gasteiger partial charge < -0.3 is 9.47 Å². The number of amides is 1. The number of para-hydroxylation sites is 1. The van der Waals surface area contributed by atoms with Gasteiger partial charge >= 0.3 is 4.87 Å². The first-order valence-electron chi connectivity index (χ1n) is 9.00.